The van der Waals surface area contributed by atoms with E-state index in [0.29, 0.717) is 28.4 Å². The average Bonchev–Trinajstić information content (AvgIpc) is 2.91. The van der Waals surface area contributed by atoms with E-state index in [9.17, 15) is 19.2 Å². The highest BCUT2D eigenvalue weighted by Gasteiger charge is 2.20. The number of nitrogens with one attached hydrogen (secondary N) is 2. The number of para-hydroxylation sites is 1. The molecule has 4 N–H and O–H groups in total. The van der Waals surface area contributed by atoms with Crippen LogP contribution < -0.4 is 21.9 Å². The molecule has 0 fully saturated rings. The first kappa shape index (κ1) is 29.5. The largest absolute Gasteiger partial charge is 0.464 e. The number of hydrogen-bond acceptors (Lipinski definition) is 8. The van der Waals surface area contributed by atoms with Crippen molar-refractivity contribution in [2.75, 3.05) is 11.9 Å². The standard InChI is InChI=1S/C28H32ClN5O5/c1-4-39-28(38)18(3)33-24-8-6-5-7-22(24)25(35)16-34-27(37)23(17(2)14-32-34)12-26(36)31-15-20-11-21(29)10-9-19(20)13-30/h5-11,14,18,33H,4,12-13,15-16,30H2,1-3H3,(H,31,36). The highest BCUT2D eigenvalue weighted by Crippen LogP contribution is 2.18. The zero-order valence-corrected chi connectivity index (χ0v) is 22.9. The minimum absolute atomic E-state index is 0.185. The van der Waals surface area contributed by atoms with Gasteiger partial charge in [-0.25, -0.2) is 9.48 Å². The van der Waals surface area contributed by atoms with E-state index in [1.807, 2.05) is 0 Å². The number of aryl methyl sites for hydroxylation is 1. The van der Waals surface area contributed by atoms with Crippen molar-refractivity contribution in [3.05, 3.63) is 91.9 Å². The summed E-state index contributed by atoms with van der Waals surface area (Å²) in [6.07, 6.45) is 1.27. The number of nitrogens with two attached hydrogens (primary N) is 1. The Morgan fingerprint density at radius 1 is 1.15 bits per heavy atom. The summed E-state index contributed by atoms with van der Waals surface area (Å²) in [6, 6.07) is 11.3. The van der Waals surface area contributed by atoms with Gasteiger partial charge in [0, 0.05) is 34.9 Å². The third kappa shape index (κ3) is 7.75. The number of rotatable bonds is 12. The van der Waals surface area contributed by atoms with Crippen LogP contribution in [-0.4, -0.2) is 40.1 Å². The van der Waals surface area contributed by atoms with Crippen LogP contribution in [0.15, 0.2) is 53.5 Å². The Bertz CT molecular complexity index is 1420. The van der Waals surface area contributed by atoms with Gasteiger partial charge in [0.05, 0.1) is 19.2 Å². The number of carbonyl (C=O) groups is 3. The van der Waals surface area contributed by atoms with Crippen LogP contribution in [0.3, 0.4) is 0 Å². The summed E-state index contributed by atoms with van der Waals surface area (Å²) < 4.78 is 6.05. The van der Waals surface area contributed by atoms with Crippen molar-refractivity contribution in [3.8, 4) is 0 Å². The van der Waals surface area contributed by atoms with Crippen LogP contribution in [0.5, 0.6) is 0 Å². The second kappa shape index (κ2) is 13.7. The molecule has 1 aromatic heterocycles. The number of amides is 1. The third-order valence-corrected chi connectivity index (χ3v) is 6.33. The fourth-order valence-electron chi connectivity index (χ4n) is 3.95. The monoisotopic (exact) mass is 553 g/mol. The lowest BCUT2D eigenvalue weighted by Gasteiger charge is -2.17. The van der Waals surface area contributed by atoms with Crippen molar-refractivity contribution >= 4 is 34.9 Å². The van der Waals surface area contributed by atoms with Crippen molar-refractivity contribution in [1.29, 1.82) is 0 Å². The van der Waals surface area contributed by atoms with E-state index in [-0.39, 0.29) is 37.6 Å². The molecule has 0 radical (unpaired) electrons. The van der Waals surface area contributed by atoms with Gasteiger partial charge in [0.1, 0.15) is 12.6 Å². The number of nitrogens with zero attached hydrogens (tertiary/aromatic N) is 2. The van der Waals surface area contributed by atoms with Crippen LogP contribution in [0.25, 0.3) is 0 Å². The zero-order chi connectivity index (χ0) is 28.5. The Kier molecular flexibility index (Phi) is 10.4. The molecule has 1 heterocycles. The van der Waals surface area contributed by atoms with Gasteiger partial charge in [-0.15, -0.1) is 0 Å². The molecular formula is C28H32ClN5O5. The average molecular weight is 554 g/mol. The zero-order valence-electron chi connectivity index (χ0n) is 22.1. The summed E-state index contributed by atoms with van der Waals surface area (Å²) in [4.78, 5) is 51.1. The number of carbonyl (C=O) groups excluding carboxylic acids is 3. The Balaban J connectivity index is 1.74. The second-order valence-corrected chi connectivity index (χ2v) is 9.36. The highest BCUT2D eigenvalue weighted by molar-refractivity contribution is 6.30. The van der Waals surface area contributed by atoms with Crippen molar-refractivity contribution in [3.63, 3.8) is 0 Å². The lowest BCUT2D eigenvalue weighted by atomic mass is 10.1. The van der Waals surface area contributed by atoms with Gasteiger partial charge in [0.2, 0.25) is 5.91 Å². The van der Waals surface area contributed by atoms with Gasteiger partial charge in [0.15, 0.2) is 5.78 Å². The normalized spacial score (nSPS) is 11.5. The molecular weight excluding hydrogens is 522 g/mol. The number of aromatic nitrogens is 2. The number of ketones is 1. The first-order valence-corrected chi connectivity index (χ1v) is 12.9. The molecule has 0 aliphatic heterocycles. The number of ether oxygens (including phenoxy) is 1. The van der Waals surface area contributed by atoms with Crippen LogP contribution >= 0.6 is 11.6 Å². The molecule has 11 heteroatoms. The molecule has 3 aromatic rings. The first-order valence-electron chi connectivity index (χ1n) is 12.5. The van der Waals surface area contributed by atoms with Crippen molar-refractivity contribution in [2.45, 2.75) is 52.9 Å². The van der Waals surface area contributed by atoms with E-state index >= 15 is 0 Å². The van der Waals surface area contributed by atoms with E-state index < -0.39 is 23.4 Å². The molecule has 0 aliphatic carbocycles. The molecule has 0 spiro atoms. The number of halogens is 1. The SMILES string of the molecule is CCOC(=O)C(C)Nc1ccccc1C(=O)Cn1ncc(C)c(CC(=O)NCc2cc(Cl)ccc2CN)c1=O. The topological polar surface area (TPSA) is 145 Å². The lowest BCUT2D eigenvalue weighted by molar-refractivity contribution is -0.143. The Labute approximate surface area is 231 Å². The second-order valence-electron chi connectivity index (χ2n) is 8.93. The van der Waals surface area contributed by atoms with Gasteiger partial charge in [-0.2, -0.15) is 5.10 Å². The molecule has 39 heavy (non-hydrogen) atoms. The van der Waals surface area contributed by atoms with E-state index in [2.05, 4.69) is 15.7 Å². The fraction of sp³-hybridized carbons (Fsp3) is 0.321. The molecule has 206 valence electrons. The van der Waals surface area contributed by atoms with Crippen molar-refractivity contribution < 1.29 is 19.1 Å². The maximum atomic E-state index is 13.2. The van der Waals surface area contributed by atoms with Gasteiger partial charge in [-0.1, -0.05) is 29.8 Å². The molecule has 10 nitrogen and oxygen atoms in total. The smallest absolute Gasteiger partial charge is 0.328 e. The van der Waals surface area contributed by atoms with Crippen LogP contribution in [0.2, 0.25) is 5.02 Å². The van der Waals surface area contributed by atoms with E-state index in [1.165, 1.54) is 6.20 Å². The van der Waals surface area contributed by atoms with Gasteiger partial charge < -0.3 is 21.1 Å². The van der Waals surface area contributed by atoms with E-state index in [4.69, 9.17) is 22.1 Å². The summed E-state index contributed by atoms with van der Waals surface area (Å²) in [7, 11) is 0. The molecule has 0 saturated heterocycles. The molecule has 0 saturated carbocycles. The first-order chi connectivity index (χ1) is 18.6. The maximum Gasteiger partial charge on any atom is 0.328 e. The third-order valence-electron chi connectivity index (χ3n) is 6.09. The number of hydrogen-bond donors (Lipinski definition) is 3. The quantitative estimate of drug-likeness (QED) is 0.229. The Morgan fingerprint density at radius 2 is 1.90 bits per heavy atom. The van der Waals surface area contributed by atoms with Gasteiger partial charge in [-0.05, 0) is 61.7 Å². The number of Topliss-reactive ketones (excluding diaryl/α,β-unsaturated/α-hetero) is 1. The molecule has 3 rings (SSSR count). The summed E-state index contributed by atoms with van der Waals surface area (Å²) >= 11 is 6.07. The lowest BCUT2D eigenvalue weighted by Crippen LogP contribution is -2.34. The van der Waals surface area contributed by atoms with E-state index in [1.54, 1.807) is 63.2 Å². The predicted octanol–water partition coefficient (Wildman–Crippen LogP) is 2.77. The summed E-state index contributed by atoms with van der Waals surface area (Å²) in [5.41, 5.74) is 8.38. The summed E-state index contributed by atoms with van der Waals surface area (Å²) in [6.45, 7) is 5.42. The maximum absolute atomic E-state index is 13.2. The molecule has 2 aromatic carbocycles. The summed E-state index contributed by atoms with van der Waals surface area (Å²) in [5.74, 6) is -1.21. The fourth-order valence-corrected chi connectivity index (χ4v) is 4.14. The van der Waals surface area contributed by atoms with Crippen molar-refractivity contribution in [1.82, 2.24) is 15.1 Å². The van der Waals surface area contributed by atoms with Crippen LogP contribution in [0.1, 0.15) is 46.5 Å². The molecule has 1 atom stereocenters. The molecule has 0 bridgehead atoms. The van der Waals surface area contributed by atoms with Crippen LogP contribution in [0, 0.1) is 6.92 Å². The predicted molar refractivity (Wildman–Crippen MR) is 149 cm³/mol. The van der Waals surface area contributed by atoms with Gasteiger partial charge >= 0.3 is 5.97 Å². The van der Waals surface area contributed by atoms with Crippen molar-refractivity contribution in [2.24, 2.45) is 5.73 Å². The molecule has 1 unspecified atom stereocenters. The molecule has 1 amide bonds. The highest BCUT2D eigenvalue weighted by atomic mass is 35.5. The Hall–Kier alpha value is -4.02. The minimum atomic E-state index is -0.683. The number of esters is 1. The van der Waals surface area contributed by atoms with Crippen LogP contribution in [-0.2, 0) is 40.4 Å². The van der Waals surface area contributed by atoms with Crippen LogP contribution in [0.4, 0.5) is 5.69 Å². The minimum Gasteiger partial charge on any atom is -0.464 e. The Morgan fingerprint density at radius 3 is 2.62 bits per heavy atom. The van der Waals surface area contributed by atoms with Gasteiger partial charge in [0.25, 0.3) is 5.56 Å². The summed E-state index contributed by atoms with van der Waals surface area (Å²) in [5, 5.41) is 10.4. The number of benzene rings is 2. The molecule has 0 aliphatic rings. The van der Waals surface area contributed by atoms with E-state index in [0.717, 1.165) is 15.8 Å². The van der Waals surface area contributed by atoms with Gasteiger partial charge in [-0.3, -0.25) is 14.4 Å². The number of anilines is 1.